The number of hydrogen-bond acceptors (Lipinski definition) is 4. The summed E-state index contributed by atoms with van der Waals surface area (Å²) in [5.41, 5.74) is 0.193. The summed E-state index contributed by atoms with van der Waals surface area (Å²) in [5, 5.41) is 8.98. The Morgan fingerprint density at radius 1 is 1.53 bits per heavy atom. The highest BCUT2D eigenvalue weighted by Gasteiger charge is 2.19. The zero-order valence-electron chi connectivity index (χ0n) is 9.95. The molecule has 4 nitrogen and oxygen atoms in total. The molecular weight excluding hydrogens is 371 g/mol. The molecule has 0 aromatic heterocycles. The second-order valence-corrected chi connectivity index (χ2v) is 4.54. The number of nitriles is 1. The third-order valence-corrected chi connectivity index (χ3v) is 3.05. The lowest BCUT2D eigenvalue weighted by Crippen LogP contribution is -2.12. The molecule has 1 aromatic carbocycles. The van der Waals surface area contributed by atoms with Crippen molar-refractivity contribution in [2.24, 2.45) is 0 Å². The van der Waals surface area contributed by atoms with Crippen molar-refractivity contribution in [1.29, 1.82) is 5.26 Å². The van der Waals surface area contributed by atoms with Crippen LogP contribution in [0.25, 0.3) is 0 Å². The standard InChI is InChI=1S/C12H10F2INO3/c1-2-18-10(17)5-7-3-4-9(15)8(6-16)11(7)19-12(13)14/h3-4,12H,2,5H2,1H3. The summed E-state index contributed by atoms with van der Waals surface area (Å²) in [4.78, 5) is 11.4. The molecule has 0 fully saturated rings. The van der Waals surface area contributed by atoms with E-state index in [1.54, 1.807) is 19.1 Å². The van der Waals surface area contributed by atoms with E-state index >= 15 is 0 Å². The molecule has 0 spiro atoms. The van der Waals surface area contributed by atoms with Crippen LogP contribution in [0.4, 0.5) is 8.78 Å². The molecule has 0 saturated carbocycles. The van der Waals surface area contributed by atoms with E-state index in [4.69, 9.17) is 10.00 Å². The molecule has 7 heteroatoms. The molecule has 102 valence electrons. The van der Waals surface area contributed by atoms with Crippen LogP contribution in [0.2, 0.25) is 0 Å². The summed E-state index contributed by atoms with van der Waals surface area (Å²) >= 11 is 1.84. The Hall–Kier alpha value is -1.43. The lowest BCUT2D eigenvalue weighted by atomic mass is 10.1. The lowest BCUT2D eigenvalue weighted by molar-refractivity contribution is -0.142. The molecule has 0 aliphatic heterocycles. The topological polar surface area (TPSA) is 59.3 Å². The number of rotatable bonds is 5. The monoisotopic (exact) mass is 381 g/mol. The highest BCUT2D eigenvalue weighted by Crippen LogP contribution is 2.30. The average molecular weight is 381 g/mol. The average Bonchev–Trinajstić information content (AvgIpc) is 2.33. The molecule has 0 unspecified atom stereocenters. The number of carbonyl (C=O) groups excluding carboxylic acids is 1. The fraction of sp³-hybridized carbons (Fsp3) is 0.333. The number of ether oxygens (including phenoxy) is 2. The van der Waals surface area contributed by atoms with Crippen molar-refractivity contribution in [2.75, 3.05) is 6.61 Å². The van der Waals surface area contributed by atoms with Gasteiger partial charge in [-0.2, -0.15) is 14.0 Å². The maximum atomic E-state index is 12.4. The van der Waals surface area contributed by atoms with Gasteiger partial charge in [-0.1, -0.05) is 6.07 Å². The van der Waals surface area contributed by atoms with E-state index in [1.165, 1.54) is 6.07 Å². The summed E-state index contributed by atoms with van der Waals surface area (Å²) in [7, 11) is 0. The molecule has 19 heavy (non-hydrogen) atoms. The fourth-order valence-electron chi connectivity index (χ4n) is 1.44. The van der Waals surface area contributed by atoms with Gasteiger partial charge >= 0.3 is 12.6 Å². The number of esters is 1. The second kappa shape index (κ2) is 7.23. The second-order valence-electron chi connectivity index (χ2n) is 3.38. The third kappa shape index (κ3) is 4.31. The van der Waals surface area contributed by atoms with E-state index in [2.05, 4.69) is 4.74 Å². The lowest BCUT2D eigenvalue weighted by Gasteiger charge is -2.13. The molecule has 1 aromatic rings. The fourth-order valence-corrected chi connectivity index (χ4v) is 1.98. The summed E-state index contributed by atoms with van der Waals surface area (Å²) in [5.74, 6) is -0.829. The first kappa shape index (κ1) is 15.6. The molecule has 0 amide bonds. The van der Waals surface area contributed by atoms with Crippen LogP contribution in [0.15, 0.2) is 12.1 Å². The Balaban J connectivity index is 3.16. The summed E-state index contributed by atoms with van der Waals surface area (Å²) in [6.07, 6.45) is -0.221. The minimum absolute atomic E-state index is 0.0114. The van der Waals surface area contributed by atoms with Crippen LogP contribution in [-0.4, -0.2) is 19.2 Å². The van der Waals surface area contributed by atoms with Gasteiger partial charge in [-0.25, -0.2) is 0 Å². The van der Waals surface area contributed by atoms with Crippen LogP contribution in [0.5, 0.6) is 5.75 Å². The summed E-state index contributed by atoms with van der Waals surface area (Å²) in [6, 6.07) is 4.83. The Labute approximate surface area is 122 Å². The van der Waals surface area contributed by atoms with Crippen molar-refractivity contribution in [2.45, 2.75) is 20.0 Å². The number of hydrogen-bond donors (Lipinski definition) is 0. The number of carbonyl (C=O) groups is 1. The quantitative estimate of drug-likeness (QED) is 0.582. The van der Waals surface area contributed by atoms with Gasteiger partial charge in [0, 0.05) is 9.13 Å². The van der Waals surface area contributed by atoms with Crippen LogP contribution >= 0.6 is 22.6 Å². The highest BCUT2D eigenvalue weighted by molar-refractivity contribution is 14.1. The SMILES string of the molecule is CCOC(=O)Cc1ccc(I)c(C#N)c1OC(F)F. The number of benzene rings is 1. The predicted octanol–water partition coefficient (Wildman–Crippen LogP) is 2.87. The number of alkyl halides is 2. The van der Waals surface area contributed by atoms with Gasteiger partial charge in [0.1, 0.15) is 17.4 Å². The number of halogens is 3. The first-order chi connectivity index (χ1) is 8.99. The molecule has 0 atom stereocenters. The van der Waals surface area contributed by atoms with Gasteiger partial charge in [0.05, 0.1) is 13.0 Å². The van der Waals surface area contributed by atoms with Crippen LogP contribution in [0.3, 0.4) is 0 Å². The molecule has 0 radical (unpaired) electrons. The van der Waals surface area contributed by atoms with Gasteiger partial charge < -0.3 is 9.47 Å². The summed E-state index contributed by atoms with van der Waals surface area (Å²) in [6.45, 7) is -1.23. The van der Waals surface area contributed by atoms with Crippen molar-refractivity contribution in [1.82, 2.24) is 0 Å². The molecule has 0 saturated heterocycles. The van der Waals surface area contributed by atoms with Crippen LogP contribution in [0.1, 0.15) is 18.1 Å². The molecule has 0 bridgehead atoms. The Bertz CT molecular complexity index is 514. The predicted molar refractivity (Wildman–Crippen MR) is 70.8 cm³/mol. The van der Waals surface area contributed by atoms with E-state index in [1.807, 2.05) is 22.6 Å². The highest BCUT2D eigenvalue weighted by atomic mass is 127. The van der Waals surface area contributed by atoms with Gasteiger partial charge in [0.2, 0.25) is 0 Å². The van der Waals surface area contributed by atoms with Crippen molar-refractivity contribution < 1.29 is 23.0 Å². The minimum Gasteiger partial charge on any atom is -0.466 e. The van der Waals surface area contributed by atoms with E-state index in [0.29, 0.717) is 3.57 Å². The largest absolute Gasteiger partial charge is 0.466 e. The number of nitrogens with zero attached hydrogens (tertiary/aromatic N) is 1. The zero-order valence-corrected chi connectivity index (χ0v) is 12.1. The van der Waals surface area contributed by atoms with Crippen LogP contribution in [-0.2, 0) is 16.0 Å². The van der Waals surface area contributed by atoms with Gasteiger partial charge in [-0.3, -0.25) is 4.79 Å². The Morgan fingerprint density at radius 3 is 2.74 bits per heavy atom. The summed E-state index contributed by atoms with van der Waals surface area (Å²) < 4.78 is 34.3. The first-order valence-corrected chi connectivity index (χ1v) is 6.39. The van der Waals surface area contributed by atoms with Gasteiger partial charge in [0.25, 0.3) is 0 Å². The van der Waals surface area contributed by atoms with Gasteiger partial charge in [0.15, 0.2) is 0 Å². The molecule has 0 N–H and O–H groups in total. The Morgan fingerprint density at radius 2 is 2.21 bits per heavy atom. The van der Waals surface area contributed by atoms with Crippen LogP contribution in [0, 0.1) is 14.9 Å². The van der Waals surface area contributed by atoms with E-state index in [9.17, 15) is 13.6 Å². The van der Waals surface area contributed by atoms with Crippen molar-refractivity contribution in [3.63, 3.8) is 0 Å². The maximum Gasteiger partial charge on any atom is 0.387 e. The smallest absolute Gasteiger partial charge is 0.387 e. The zero-order chi connectivity index (χ0) is 14.4. The third-order valence-electron chi connectivity index (χ3n) is 2.15. The van der Waals surface area contributed by atoms with Crippen molar-refractivity contribution in [3.8, 4) is 11.8 Å². The van der Waals surface area contributed by atoms with Crippen LogP contribution < -0.4 is 4.74 Å². The maximum absolute atomic E-state index is 12.4. The van der Waals surface area contributed by atoms with E-state index in [-0.39, 0.29) is 29.9 Å². The normalized spacial score (nSPS) is 10.1. The molecule has 0 heterocycles. The minimum atomic E-state index is -3.06. The van der Waals surface area contributed by atoms with Crippen molar-refractivity contribution >= 4 is 28.6 Å². The molecule has 0 aliphatic carbocycles. The van der Waals surface area contributed by atoms with Crippen molar-refractivity contribution in [3.05, 3.63) is 26.8 Å². The Kier molecular flexibility index (Phi) is 5.95. The molecular formula is C12H10F2INO3. The van der Waals surface area contributed by atoms with Gasteiger partial charge in [-0.15, -0.1) is 0 Å². The molecule has 0 aliphatic rings. The van der Waals surface area contributed by atoms with Gasteiger partial charge in [-0.05, 0) is 35.6 Å². The molecule has 1 rings (SSSR count). The van der Waals surface area contributed by atoms with E-state index in [0.717, 1.165) is 0 Å². The first-order valence-electron chi connectivity index (χ1n) is 5.31. The van der Waals surface area contributed by atoms with E-state index < -0.39 is 12.6 Å².